The fourth-order valence-electron chi connectivity index (χ4n) is 4.00. The zero-order chi connectivity index (χ0) is 17.6. The predicted molar refractivity (Wildman–Crippen MR) is 95.9 cm³/mol. The van der Waals surface area contributed by atoms with Gasteiger partial charge in [0.15, 0.2) is 0 Å². The molecular weight excluding hydrogens is 318 g/mol. The lowest BCUT2D eigenvalue weighted by Crippen LogP contribution is -2.44. The van der Waals surface area contributed by atoms with E-state index in [2.05, 4.69) is 31.4 Å². The van der Waals surface area contributed by atoms with Gasteiger partial charge in [-0.2, -0.15) is 5.10 Å². The van der Waals surface area contributed by atoms with Gasteiger partial charge < -0.3 is 15.7 Å². The molecule has 1 saturated carbocycles. The molecule has 140 valence electrons. The molecule has 0 bridgehead atoms. The van der Waals surface area contributed by atoms with Crippen LogP contribution in [0.3, 0.4) is 0 Å². The maximum Gasteiger partial charge on any atom is 0.239 e. The van der Waals surface area contributed by atoms with E-state index in [0.29, 0.717) is 6.54 Å². The number of amides is 1. The first-order valence-corrected chi connectivity index (χ1v) is 9.56. The molecule has 2 aliphatic rings. The Balaban J connectivity index is 1.60. The largest absolute Gasteiger partial charge is 0.394 e. The number of aryl methyl sites for hydroxylation is 1. The van der Waals surface area contributed by atoms with E-state index in [4.69, 9.17) is 5.11 Å². The van der Waals surface area contributed by atoms with Crippen molar-refractivity contribution in [2.24, 2.45) is 0 Å². The van der Waals surface area contributed by atoms with Crippen molar-refractivity contribution in [1.29, 1.82) is 0 Å². The summed E-state index contributed by atoms with van der Waals surface area (Å²) in [4.78, 5) is 14.6. The fourth-order valence-corrected chi connectivity index (χ4v) is 4.00. The van der Waals surface area contributed by atoms with Crippen molar-refractivity contribution >= 4 is 5.91 Å². The molecule has 2 heterocycles. The molecule has 3 rings (SSSR count). The minimum atomic E-state index is -0.567. The first-order valence-electron chi connectivity index (χ1n) is 9.56. The highest BCUT2D eigenvalue weighted by Crippen LogP contribution is 2.25. The summed E-state index contributed by atoms with van der Waals surface area (Å²) in [5.41, 5.74) is 2.14. The van der Waals surface area contributed by atoms with Crippen LogP contribution in [0.4, 0.5) is 0 Å². The van der Waals surface area contributed by atoms with Gasteiger partial charge in [0.2, 0.25) is 5.91 Å². The number of rotatable bonds is 6. The summed E-state index contributed by atoms with van der Waals surface area (Å²) in [5, 5.41) is 19.5. The number of carbonyl (C=O) groups excluding carboxylic acids is 1. The molecule has 3 N–H and O–H groups in total. The molecule has 1 aromatic rings. The molecule has 1 aliphatic heterocycles. The number of fused-ring (bicyclic) bond motifs is 1. The Kier molecular flexibility index (Phi) is 6.45. The van der Waals surface area contributed by atoms with Crippen molar-refractivity contribution in [3.8, 4) is 0 Å². The molecule has 1 aromatic heterocycles. The molecular formula is C18H31N5O2. The van der Waals surface area contributed by atoms with E-state index in [-0.39, 0.29) is 12.5 Å². The molecule has 1 fully saturated rings. The second-order valence-electron chi connectivity index (χ2n) is 7.21. The molecule has 0 saturated heterocycles. The molecule has 0 aromatic carbocycles. The number of hydrogen-bond acceptors (Lipinski definition) is 5. The Morgan fingerprint density at radius 2 is 2.12 bits per heavy atom. The minimum absolute atomic E-state index is 0.197. The Morgan fingerprint density at radius 3 is 2.84 bits per heavy atom. The summed E-state index contributed by atoms with van der Waals surface area (Å²) in [6.07, 6.45) is 7.87. The number of aliphatic hydroxyl groups is 1. The summed E-state index contributed by atoms with van der Waals surface area (Å²) in [5.74, 6) is -0.197. The average molecular weight is 349 g/mol. The normalized spacial score (nSPS) is 20.7. The summed E-state index contributed by atoms with van der Waals surface area (Å²) < 4.78 is 2.10. The van der Waals surface area contributed by atoms with E-state index < -0.39 is 6.04 Å². The quantitative estimate of drug-likeness (QED) is 0.701. The van der Waals surface area contributed by atoms with Gasteiger partial charge in [-0.1, -0.05) is 19.3 Å². The maximum atomic E-state index is 12.0. The molecule has 1 aliphatic carbocycles. The predicted octanol–water partition coefficient (Wildman–Crippen LogP) is 0.618. The van der Waals surface area contributed by atoms with E-state index >= 15 is 0 Å². The number of aromatic nitrogens is 2. The Labute approximate surface area is 149 Å². The zero-order valence-corrected chi connectivity index (χ0v) is 15.2. The number of hydrogen-bond donors (Lipinski definition) is 3. The third-order valence-corrected chi connectivity index (χ3v) is 5.48. The van der Waals surface area contributed by atoms with Gasteiger partial charge in [0.1, 0.15) is 6.04 Å². The van der Waals surface area contributed by atoms with Crippen molar-refractivity contribution in [3.63, 3.8) is 0 Å². The van der Waals surface area contributed by atoms with Gasteiger partial charge in [0.25, 0.3) is 0 Å². The van der Waals surface area contributed by atoms with Crippen molar-refractivity contribution < 1.29 is 9.90 Å². The van der Waals surface area contributed by atoms with E-state index in [1.165, 1.54) is 37.8 Å². The molecule has 0 spiro atoms. The van der Waals surface area contributed by atoms with Gasteiger partial charge in [-0.15, -0.1) is 0 Å². The smallest absolute Gasteiger partial charge is 0.239 e. The second kappa shape index (κ2) is 8.78. The van der Waals surface area contributed by atoms with Crippen molar-refractivity contribution in [2.75, 3.05) is 20.2 Å². The van der Waals surface area contributed by atoms with Gasteiger partial charge in [-0.3, -0.25) is 14.4 Å². The number of nitrogens with one attached hydrogen (secondary N) is 2. The van der Waals surface area contributed by atoms with Gasteiger partial charge in [0, 0.05) is 25.7 Å². The molecule has 1 amide bonds. The third kappa shape index (κ3) is 4.59. The number of likely N-dealkylation sites (N-methyl/N-ethyl adjacent to an activating group) is 1. The van der Waals surface area contributed by atoms with E-state index in [0.717, 1.165) is 37.8 Å². The SMILES string of the molecule is CN[C@@H](CO)C(=O)NCc1cc2n(n1)CCCN(C1CCCCC1)C2. The van der Waals surface area contributed by atoms with Crippen LogP contribution in [0.5, 0.6) is 0 Å². The molecule has 0 unspecified atom stereocenters. The monoisotopic (exact) mass is 349 g/mol. The van der Waals surface area contributed by atoms with Crippen LogP contribution >= 0.6 is 0 Å². The summed E-state index contributed by atoms with van der Waals surface area (Å²) >= 11 is 0. The number of nitrogens with zero attached hydrogens (tertiary/aromatic N) is 3. The van der Waals surface area contributed by atoms with Crippen molar-refractivity contribution in [1.82, 2.24) is 25.3 Å². The van der Waals surface area contributed by atoms with Crippen molar-refractivity contribution in [2.45, 2.75) is 70.2 Å². The van der Waals surface area contributed by atoms with Crippen LogP contribution in [-0.4, -0.2) is 58.0 Å². The molecule has 7 heteroatoms. The average Bonchev–Trinajstić information content (AvgIpc) is 2.92. The highest BCUT2D eigenvalue weighted by atomic mass is 16.3. The minimum Gasteiger partial charge on any atom is -0.394 e. The van der Waals surface area contributed by atoms with E-state index in [9.17, 15) is 4.79 Å². The van der Waals surface area contributed by atoms with Crippen LogP contribution in [-0.2, 0) is 24.4 Å². The molecule has 25 heavy (non-hydrogen) atoms. The van der Waals surface area contributed by atoms with Crippen LogP contribution in [0, 0.1) is 0 Å². The first kappa shape index (κ1) is 18.4. The number of carbonyl (C=O) groups is 1. The van der Waals surface area contributed by atoms with Crippen molar-refractivity contribution in [3.05, 3.63) is 17.5 Å². The second-order valence-corrected chi connectivity index (χ2v) is 7.21. The molecule has 7 nitrogen and oxygen atoms in total. The van der Waals surface area contributed by atoms with Gasteiger partial charge in [-0.05, 0) is 32.4 Å². The lowest BCUT2D eigenvalue weighted by molar-refractivity contribution is -0.124. The van der Waals surface area contributed by atoms with E-state index in [1.807, 2.05) is 0 Å². The highest BCUT2D eigenvalue weighted by molar-refractivity contribution is 5.81. The topological polar surface area (TPSA) is 82.4 Å². The number of aliphatic hydroxyl groups excluding tert-OH is 1. The maximum absolute atomic E-state index is 12.0. The fraction of sp³-hybridized carbons (Fsp3) is 0.778. The Morgan fingerprint density at radius 1 is 1.32 bits per heavy atom. The standard InChI is InChI=1S/C18H31N5O2/c1-19-17(13-24)18(25)20-11-14-10-16-12-22(8-5-9-23(16)21-14)15-6-3-2-4-7-15/h10,15,17,19,24H,2-9,11-13H2,1H3,(H,20,25)/t17-/m0/s1. The third-order valence-electron chi connectivity index (χ3n) is 5.48. The Hall–Kier alpha value is -1.44. The summed E-state index contributed by atoms with van der Waals surface area (Å²) in [7, 11) is 1.67. The van der Waals surface area contributed by atoms with Gasteiger partial charge in [-0.25, -0.2) is 0 Å². The van der Waals surface area contributed by atoms with Crippen LogP contribution in [0.2, 0.25) is 0 Å². The van der Waals surface area contributed by atoms with Crippen LogP contribution < -0.4 is 10.6 Å². The molecule has 0 radical (unpaired) electrons. The highest BCUT2D eigenvalue weighted by Gasteiger charge is 2.24. The lowest BCUT2D eigenvalue weighted by atomic mass is 9.94. The molecule has 1 atom stereocenters. The zero-order valence-electron chi connectivity index (χ0n) is 15.2. The summed E-state index contributed by atoms with van der Waals surface area (Å²) in [6, 6.07) is 2.27. The van der Waals surface area contributed by atoms with E-state index in [1.54, 1.807) is 7.05 Å². The first-order chi connectivity index (χ1) is 12.2. The van der Waals surface area contributed by atoms with Crippen LogP contribution in [0.1, 0.15) is 49.9 Å². The van der Waals surface area contributed by atoms with Crippen LogP contribution in [0.25, 0.3) is 0 Å². The van der Waals surface area contributed by atoms with Gasteiger partial charge >= 0.3 is 0 Å². The van der Waals surface area contributed by atoms with Crippen LogP contribution in [0.15, 0.2) is 6.07 Å². The van der Waals surface area contributed by atoms with Gasteiger partial charge in [0.05, 0.1) is 24.5 Å². The summed E-state index contributed by atoms with van der Waals surface area (Å²) in [6.45, 7) is 3.25. The lowest BCUT2D eigenvalue weighted by Gasteiger charge is -2.33. The Bertz CT molecular complexity index is 564.